The van der Waals surface area contributed by atoms with Crippen LogP contribution >= 0.6 is 11.3 Å². The van der Waals surface area contributed by atoms with Crippen LogP contribution in [0.15, 0.2) is 5.38 Å². The molecule has 22 heavy (non-hydrogen) atoms. The first-order valence-electron chi connectivity index (χ1n) is 8.84. The maximum atomic E-state index is 4.82. The minimum Gasteiger partial charge on any atom is -0.298 e. The summed E-state index contributed by atoms with van der Waals surface area (Å²) in [6.07, 6.45) is 2.72. The molecule has 0 N–H and O–H groups in total. The van der Waals surface area contributed by atoms with Crippen LogP contribution in [0.25, 0.3) is 0 Å². The van der Waals surface area contributed by atoms with Gasteiger partial charge >= 0.3 is 0 Å². The molecule has 3 fully saturated rings. The molecule has 0 spiro atoms. The molecule has 0 radical (unpaired) electrons. The summed E-state index contributed by atoms with van der Waals surface area (Å²) < 4.78 is 0. The minimum absolute atomic E-state index is 0.699. The Kier molecular flexibility index (Phi) is 4.24. The normalized spacial score (nSPS) is 25.8. The van der Waals surface area contributed by atoms with Crippen molar-refractivity contribution in [3.05, 3.63) is 16.1 Å². The third kappa shape index (κ3) is 3.23. The molecule has 2 aliphatic heterocycles. The van der Waals surface area contributed by atoms with Crippen molar-refractivity contribution in [2.45, 2.75) is 51.2 Å². The molecule has 4 nitrogen and oxygen atoms in total. The van der Waals surface area contributed by atoms with E-state index in [9.17, 15) is 0 Å². The molecule has 1 aliphatic carbocycles. The first kappa shape index (κ1) is 15.1. The number of aromatic nitrogens is 1. The lowest BCUT2D eigenvalue weighted by Gasteiger charge is -2.48. The van der Waals surface area contributed by atoms with Gasteiger partial charge in [-0.15, -0.1) is 11.3 Å². The fraction of sp³-hybridized carbons (Fsp3) is 0.824. The number of thiazole rings is 1. The molecule has 3 aliphatic rings. The zero-order valence-electron chi connectivity index (χ0n) is 13.9. The zero-order chi connectivity index (χ0) is 15.1. The molecular weight excluding hydrogens is 292 g/mol. The van der Waals surface area contributed by atoms with E-state index in [2.05, 4.69) is 33.9 Å². The second kappa shape index (κ2) is 6.19. The van der Waals surface area contributed by atoms with E-state index in [4.69, 9.17) is 4.98 Å². The fourth-order valence-electron chi connectivity index (χ4n) is 3.66. The van der Waals surface area contributed by atoms with Crippen molar-refractivity contribution < 1.29 is 0 Å². The lowest BCUT2D eigenvalue weighted by molar-refractivity contribution is -0.00455. The van der Waals surface area contributed by atoms with Crippen molar-refractivity contribution in [3.63, 3.8) is 0 Å². The summed E-state index contributed by atoms with van der Waals surface area (Å²) in [5.41, 5.74) is 1.30. The molecular formula is C17H28N4S. The molecule has 1 aromatic heterocycles. The highest BCUT2D eigenvalue weighted by molar-refractivity contribution is 7.09. The van der Waals surface area contributed by atoms with Crippen LogP contribution in [0.2, 0.25) is 0 Å². The maximum Gasteiger partial charge on any atom is 0.0959 e. The number of hydrogen-bond acceptors (Lipinski definition) is 5. The monoisotopic (exact) mass is 320 g/mol. The van der Waals surface area contributed by atoms with Crippen molar-refractivity contribution in [3.8, 4) is 0 Å². The predicted molar refractivity (Wildman–Crippen MR) is 91.4 cm³/mol. The molecule has 5 heteroatoms. The zero-order valence-corrected chi connectivity index (χ0v) is 14.7. The van der Waals surface area contributed by atoms with Gasteiger partial charge in [0.2, 0.25) is 0 Å². The largest absolute Gasteiger partial charge is 0.298 e. The van der Waals surface area contributed by atoms with E-state index in [1.54, 1.807) is 0 Å². The topological polar surface area (TPSA) is 22.6 Å². The average Bonchev–Trinajstić information content (AvgIpc) is 3.22. The number of likely N-dealkylation sites (tertiary alicyclic amines) is 1. The van der Waals surface area contributed by atoms with Gasteiger partial charge in [-0.2, -0.15) is 0 Å². The molecule has 0 amide bonds. The van der Waals surface area contributed by atoms with E-state index in [-0.39, 0.29) is 0 Å². The summed E-state index contributed by atoms with van der Waals surface area (Å²) in [5, 5.41) is 3.67. The Balaban J connectivity index is 1.21. The first-order chi connectivity index (χ1) is 10.7. The van der Waals surface area contributed by atoms with Gasteiger partial charge in [0, 0.05) is 69.2 Å². The van der Waals surface area contributed by atoms with Crippen molar-refractivity contribution >= 4 is 11.3 Å². The molecule has 1 aromatic rings. The van der Waals surface area contributed by atoms with Gasteiger partial charge in [-0.1, -0.05) is 0 Å². The third-order valence-electron chi connectivity index (χ3n) is 5.42. The van der Waals surface area contributed by atoms with Gasteiger partial charge in [0.15, 0.2) is 0 Å². The van der Waals surface area contributed by atoms with E-state index in [0.29, 0.717) is 6.04 Å². The molecule has 122 valence electrons. The Morgan fingerprint density at radius 2 is 1.91 bits per heavy atom. The van der Waals surface area contributed by atoms with Crippen molar-refractivity contribution in [1.29, 1.82) is 0 Å². The highest BCUT2D eigenvalue weighted by atomic mass is 32.1. The van der Waals surface area contributed by atoms with Crippen molar-refractivity contribution in [1.82, 2.24) is 19.7 Å². The van der Waals surface area contributed by atoms with Crippen LogP contribution in [0, 0.1) is 0 Å². The molecule has 4 rings (SSSR count). The quantitative estimate of drug-likeness (QED) is 0.830. The van der Waals surface area contributed by atoms with E-state index in [0.717, 1.165) is 18.5 Å². The second-order valence-corrected chi connectivity index (χ2v) is 8.35. The number of piperazine rings is 1. The number of nitrogens with zero attached hydrogens (tertiary/aromatic N) is 4. The lowest BCUT2D eigenvalue weighted by Crippen LogP contribution is -2.63. The summed E-state index contributed by atoms with van der Waals surface area (Å²) in [5.74, 6) is 0.806. The van der Waals surface area contributed by atoms with Crippen LogP contribution in [0.1, 0.15) is 43.3 Å². The molecule has 2 saturated heterocycles. The number of hydrogen-bond donors (Lipinski definition) is 0. The highest BCUT2D eigenvalue weighted by Crippen LogP contribution is 2.41. The smallest absolute Gasteiger partial charge is 0.0959 e. The number of rotatable bonds is 5. The summed E-state index contributed by atoms with van der Waals surface area (Å²) in [4.78, 5) is 12.7. The van der Waals surface area contributed by atoms with Crippen molar-refractivity contribution in [2.24, 2.45) is 0 Å². The van der Waals surface area contributed by atoms with Gasteiger partial charge in [-0.25, -0.2) is 4.98 Å². The van der Waals surface area contributed by atoms with Gasteiger partial charge in [-0.05, 0) is 26.7 Å². The lowest BCUT2D eigenvalue weighted by atomic mass is 10.1. The van der Waals surface area contributed by atoms with Crippen LogP contribution in [0.5, 0.6) is 0 Å². The van der Waals surface area contributed by atoms with Crippen LogP contribution in [-0.2, 0) is 6.54 Å². The van der Waals surface area contributed by atoms with E-state index < -0.39 is 0 Å². The Labute approximate surface area is 138 Å². The van der Waals surface area contributed by atoms with Crippen molar-refractivity contribution in [2.75, 3.05) is 39.3 Å². The molecule has 0 atom stereocenters. The van der Waals surface area contributed by atoms with Gasteiger partial charge < -0.3 is 0 Å². The van der Waals surface area contributed by atoms with Crippen LogP contribution in [0.3, 0.4) is 0 Å². The first-order valence-corrected chi connectivity index (χ1v) is 9.72. The van der Waals surface area contributed by atoms with Crippen LogP contribution in [0.4, 0.5) is 0 Å². The Morgan fingerprint density at radius 1 is 1.18 bits per heavy atom. The molecule has 3 heterocycles. The standard InChI is InChI=1S/C17H28N4S/c1-13(2)20-5-7-21(8-6-20)16-10-19(11-16)9-15-12-22-17(18-15)14-3-4-14/h12-14,16H,3-11H2,1-2H3. The third-order valence-corrected chi connectivity index (χ3v) is 6.47. The molecule has 0 bridgehead atoms. The summed E-state index contributed by atoms with van der Waals surface area (Å²) >= 11 is 1.87. The summed E-state index contributed by atoms with van der Waals surface area (Å²) in [6, 6.07) is 1.49. The predicted octanol–water partition coefficient (Wildman–Crippen LogP) is 2.23. The molecule has 0 aromatic carbocycles. The second-order valence-electron chi connectivity index (χ2n) is 7.46. The SMILES string of the molecule is CC(C)N1CCN(C2CN(Cc3csc(C4CC4)n3)C2)CC1. The molecule has 0 unspecified atom stereocenters. The van der Waals surface area contributed by atoms with Gasteiger partial charge in [0.25, 0.3) is 0 Å². The summed E-state index contributed by atoms with van der Waals surface area (Å²) in [6.45, 7) is 13.1. The van der Waals surface area contributed by atoms with E-state index in [1.807, 2.05) is 11.3 Å². The van der Waals surface area contributed by atoms with Gasteiger partial charge in [0.1, 0.15) is 0 Å². The van der Waals surface area contributed by atoms with E-state index >= 15 is 0 Å². The Morgan fingerprint density at radius 3 is 2.55 bits per heavy atom. The molecule has 1 saturated carbocycles. The van der Waals surface area contributed by atoms with Crippen LogP contribution < -0.4 is 0 Å². The Bertz CT molecular complexity index is 497. The summed E-state index contributed by atoms with van der Waals surface area (Å²) in [7, 11) is 0. The maximum absolute atomic E-state index is 4.82. The highest BCUT2D eigenvalue weighted by Gasteiger charge is 2.34. The average molecular weight is 321 g/mol. The van der Waals surface area contributed by atoms with Crippen LogP contribution in [-0.4, -0.2) is 71.0 Å². The van der Waals surface area contributed by atoms with Gasteiger partial charge in [0.05, 0.1) is 10.7 Å². The minimum atomic E-state index is 0.699. The Hall–Kier alpha value is -0.490. The van der Waals surface area contributed by atoms with Gasteiger partial charge in [-0.3, -0.25) is 14.7 Å². The fourth-order valence-corrected chi connectivity index (χ4v) is 4.65. The van der Waals surface area contributed by atoms with E-state index in [1.165, 1.54) is 62.8 Å².